The van der Waals surface area contributed by atoms with Crippen LogP contribution >= 0.6 is 0 Å². The third kappa shape index (κ3) is 2.02. The summed E-state index contributed by atoms with van der Waals surface area (Å²) in [6, 6.07) is 9.07. The number of anilines is 1. The fraction of sp³-hybridized carbons (Fsp3) is 0.591. The van der Waals surface area contributed by atoms with Crippen molar-refractivity contribution in [1.29, 1.82) is 0 Å². The number of nitrogens with zero attached hydrogens (tertiary/aromatic N) is 2. The quantitative estimate of drug-likeness (QED) is 0.715. The fourth-order valence-corrected chi connectivity index (χ4v) is 6.75. The Labute approximate surface area is 160 Å². The lowest BCUT2D eigenvalue weighted by Crippen LogP contribution is -2.68. The highest BCUT2D eigenvalue weighted by Crippen LogP contribution is 2.55. The molecule has 7 atom stereocenters. The highest BCUT2D eigenvalue weighted by atomic mass is 16.5. The Hall–Kier alpha value is -1.69. The third-order valence-electron chi connectivity index (χ3n) is 7.91. The lowest BCUT2D eigenvalue weighted by molar-refractivity contribution is -0.128. The lowest BCUT2D eigenvalue weighted by atomic mass is 9.63. The van der Waals surface area contributed by atoms with Crippen LogP contribution in [0.25, 0.3) is 0 Å². The minimum absolute atomic E-state index is 0.0776. The summed E-state index contributed by atoms with van der Waals surface area (Å²) in [7, 11) is 0. The first-order valence-electron chi connectivity index (χ1n) is 10.3. The maximum atomic E-state index is 13.2. The Morgan fingerprint density at radius 3 is 3.04 bits per heavy atom. The minimum Gasteiger partial charge on any atom is -0.373 e. The molecule has 0 aromatic heterocycles. The van der Waals surface area contributed by atoms with Gasteiger partial charge in [-0.15, -0.1) is 0 Å². The topological polar surface area (TPSA) is 58.8 Å². The molecule has 1 amide bonds. The summed E-state index contributed by atoms with van der Waals surface area (Å²) in [5.74, 6) is 0.698. The number of hydrogen-bond donors (Lipinski definition) is 1. The molecule has 6 aliphatic rings. The Morgan fingerprint density at radius 2 is 2.15 bits per heavy atom. The summed E-state index contributed by atoms with van der Waals surface area (Å²) < 4.78 is 6.26. The molecule has 5 nitrogen and oxygen atoms in total. The van der Waals surface area contributed by atoms with E-state index >= 15 is 0 Å². The smallest absolute Gasteiger partial charge is 0.229 e. The SMILES string of the molecule is CC1CC2(N)C3=CCOC4CC(=O)N5c6ccccc6[C@@H](CCN1C3)C5[C@H]42. The van der Waals surface area contributed by atoms with Crippen LogP contribution in [0, 0.1) is 5.92 Å². The first kappa shape index (κ1) is 16.3. The van der Waals surface area contributed by atoms with Crippen LogP contribution < -0.4 is 10.6 Å². The molecular formula is C22H27N3O2. The molecule has 4 fully saturated rings. The van der Waals surface area contributed by atoms with Gasteiger partial charge in [0.05, 0.1) is 25.2 Å². The Morgan fingerprint density at radius 1 is 1.30 bits per heavy atom. The second-order valence-corrected chi connectivity index (χ2v) is 9.10. The number of fused-ring (bicyclic) bond motifs is 4. The van der Waals surface area contributed by atoms with Crippen molar-refractivity contribution in [1.82, 2.24) is 4.90 Å². The number of rotatable bonds is 0. The van der Waals surface area contributed by atoms with E-state index in [0.29, 0.717) is 25.0 Å². The van der Waals surface area contributed by atoms with E-state index in [1.807, 2.05) is 6.07 Å². The van der Waals surface area contributed by atoms with Crippen LogP contribution in [0.4, 0.5) is 5.69 Å². The number of amides is 1. The molecule has 6 aliphatic heterocycles. The zero-order valence-corrected chi connectivity index (χ0v) is 15.8. The van der Waals surface area contributed by atoms with Gasteiger partial charge in [0.25, 0.3) is 0 Å². The van der Waals surface area contributed by atoms with Crippen LogP contribution in [-0.2, 0) is 9.53 Å². The lowest BCUT2D eigenvalue weighted by Gasteiger charge is -2.53. The van der Waals surface area contributed by atoms with Crippen molar-refractivity contribution in [3.05, 3.63) is 41.5 Å². The first-order chi connectivity index (χ1) is 13.1. The van der Waals surface area contributed by atoms with E-state index in [9.17, 15) is 4.79 Å². The fourth-order valence-electron chi connectivity index (χ4n) is 6.75. The molecular weight excluding hydrogens is 338 g/mol. The summed E-state index contributed by atoms with van der Waals surface area (Å²) >= 11 is 0. The van der Waals surface area contributed by atoms with Gasteiger partial charge in [-0.3, -0.25) is 9.69 Å². The second-order valence-electron chi connectivity index (χ2n) is 9.10. The Bertz CT molecular complexity index is 852. The largest absolute Gasteiger partial charge is 0.373 e. The molecule has 1 aromatic rings. The third-order valence-corrected chi connectivity index (χ3v) is 7.91. The molecule has 5 heteroatoms. The number of carbonyl (C=O) groups excluding carboxylic acids is 1. The maximum Gasteiger partial charge on any atom is 0.229 e. The number of nitrogens with two attached hydrogens (primary N) is 1. The van der Waals surface area contributed by atoms with E-state index in [2.05, 4.69) is 41.0 Å². The Kier molecular flexibility index (Phi) is 3.28. The van der Waals surface area contributed by atoms with Crippen LogP contribution in [0.2, 0.25) is 0 Å². The van der Waals surface area contributed by atoms with Gasteiger partial charge in [-0.25, -0.2) is 0 Å². The standard InChI is InChI=1S/C22H27N3O2/c1-13-11-22(23)14-7-9-27-18-10-19(26)25-17-5-3-2-4-15(17)16(21(25)20(18)22)6-8-24(13)12-14/h2-5,7,13,16,18,20-21H,6,8-12,23H2,1H3/t13?,16-,18?,20+,21?,22?/m1/s1. The summed E-state index contributed by atoms with van der Waals surface area (Å²) in [6.45, 7) is 4.89. The molecule has 7 rings (SSSR count). The van der Waals surface area contributed by atoms with Crippen molar-refractivity contribution < 1.29 is 9.53 Å². The second kappa shape index (κ2) is 5.43. The van der Waals surface area contributed by atoms with Gasteiger partial charge < -0.3 is 15.4 Å². The summed E-state index contributed by atoms with van der Waals surface area (Å²) in [6.07, 6.45) is 4.61. The summed E-state index contributed by atoms with van der Waals surface area (Å²) in [5, 5.41) is 0. The predicted octanol–water partition coefficient (Wildman–Crippen LogP) is 2.03. The highest BCUT2D eigenvalue weighted by molar-refractivity contribution is 5.98. The molecule has 0 aliphatic carbocycles. The van der Waals surface area contributed by atoms with Crippen LogP contribution in [0.3, 0.4) is 0 Å². The van der Waals surface area contributed by atoms with Crippen LogP contribution in [0.15, 0.2) is 35.9 Å². The van der Waals surface area contributed by atoms with E-state index in [0.717, 1.165) is 31.6 Å². The molecule has 27 heavy (non-hydrogen) atoms. The van der Waals surface area contributed by atoms with Crippen LogP contribution in [-0.4, -0.2) is 54.2 Å². The molecule has 6 heterocycles. The van der Waals surface area contributed by atoms with E-state index in [4.69, 9.17) is 10.5 Å². The van der Waals surface area contributed by atoms with Crippen molar-refractivity contribution >= 4 is 11.6 Å². The van der Waals surface area contributed by atoms with Gasteiger partial charge in [0, 0.05) is 35.6 Å². The van der Waals surface area contributed by atoms with Gasteiger partial charge in [-0.1, -0.05) is 24.3 Å². The van der Waals surface area contributed by atoms with Crippen molar-refractivity contribution in [2.24, 2.45) is 11.7 Å². The van der Waals surface area contributed by atoms with E-state index in [1.54, 1.807) is 0 Å². The van der Waals surface area contributed by atoms with Gasteiger partial charge >= 0.3 is 0 Å². The minimum atomic E-state index is -0.384. The molecule has 4 saturated heterocycles. The van der Waals surface area contributed by atoms with Gasteiger partial charge in [0.15, 0.2) is 0 Å². The molecule has 1 aromatic carbocycles. The normalized spacial score (nSPS) is 44.7. The monoisotopic (exact) mass is 365 g/mol. The van der Waals surface area contributed by atoms with Crippen molar-refractivity contribution in [3.8, 4) is 0 Å². The summed E-state index contributed by atoms with van der Waals surface area (Å²) in [4.78, 5) is 17.9. The summed E-state index contributed by atoms with van der Waals surface area (Å²) in [5.41, 5.74) is 10.7. The zero-order valence-electron chi connectivity index (χ0n) is 15.8. The highest BCUT2D eigenvalue weighted by Gasteiger charge is 2.61. The molecule has 142 valence electrons. The van der Waals surface area contributed by atoms with Crippen molar-refractivity contribution in [3.63, 3.8) is 0 Å². The van der Waals surface area contributed by atoms with E-state index in [-0.39, 0.29) is 29.5 Å². The van der Waals surface area contributed by atoms with Gasteiger partial charge in [-0.2, -0.15) is 0 Å². The number of piperidine rings is 2. The van der Waals surface area contributed by atoms with Gasteiger partial charge in [0.1, 0.15) is 0 Å². The number of ether oxygens (including phenoxy) is 1. The van der Waals surface area contributed by atoms with E-state index in [1.165, 1.54) is 11.1 Å². The van der Waals surface area contributed by atoms with Crippen molar-refractivity contribution in [2.75, 3.05) is 24.6 Å². The number of benzene rings is 1. The molecule has 2 N–H and O–H groups in total. The molecule has 4 bridgehead atoms. The van der Waals surface area contributed by atoms with E-state index < -0.39 is 0 Å². The molecule has 0 saturated carbocycles. The molecule has 0 radical (unpaired) electrons. The van der Waals surface area contributed by atoms with Gasteiger partial charge in [-0.05, 0) is 43.5 Å². The molecule has 5 unspecified atom stereocenters. The number of carbonyl (C=O) groups is 1. The number of hydrogen-bond acceptors (Lipinski definition) is 4. The maximum absolute atomic E-state index is 13.2. The average Bonchev–Trinajstić information content (AvgIpc) is 2.92. The van der Waals surface area contributed by atoms with Crippen LogP contribution in [0.5, 0.6) is 0 Å². The first-order valence-corrected chi connectivity index (χ1v) is 10.3. The predicted molar refractivity (Wildman–Crippen MR) is 104 cm³/mol. The molecule has 0 spiro atoms. The average molecular weight is 365 g/mol. The Balaban J connectivity index is 1.59. The zero-order chi connectivity index (χ0) is 18.3. The van der Waals surface area contributed by atoms with Crippen LogP contribution in [0.1, 0.15) is 37.7 Å². The van der Waals surface area contributed by atoms with Crippen molar-refractivity contribution in [2.45, 2.75) is 55.8 Å². The van der Waals surface area contributed by atoms with Gasteiger partial charge in [0.2, 0.25) is 5.91 Å². The number of para-hydroxylation sites is 1.